The average Bonchev–Trinajstić information content (AvgIpc) is 2.75. The quantitative estimate of drug-likeness (QED) is 0.700. The summed E-state index contributed by atoms with van der Waals surface area (Å²) in [5.74, 6) is -0.865. The van der Waals surface area contributed by atoms with Gasteiger partial charge < -0.3 is 10.2 Å². The summed E-state index contributed by atoms with van der Waals surface area (Å²) < 4.78 is 13.9. The van der Waals surface area contributed by atoms with Crippen molar-refractivity contribution in [1.82, 2.24) is 4.90 Å². The van der Waals surface area contributed by atoms with Crippen LogP contribution in [0.15, 0.2) is 60.7 Å². The van der Waals surface area contributed by atoms with Crippen LogP contribution in [0.25, 0.3) is 10.8 Å². The van der Waals surface area contributed by atoms with E-state index >= 15 is 0 Å². The van der Waals surface area contributed by atoms with Crippen LogP contribution in [-0.2, 0) is 4.79 Å². The van der Waals surface area contributed by atoms with E-state index in [-0.39, 0.29) is 23.4 Å². The fourth-order valence-corrected chi connectivity index (χ4v) is 3.90. The third-order valence-electron chi connectivity index (χ3n) is 5.55. The third kappa shape index (κ3) is 3.99. The lowest BCUT2D eigenvalue weighted by atomic mass is 9.94. The van der Waals surface area contributed by atoms with E-state index in [2.05, 4.69) is 5.32 Å². The molecule has 3 aromatic carbocycles. The lowest BCUT2D eigenvalue weighted by molar-refractivity contribution is -0.121. The van der Waals surface area contributed by atoms with E-state index < -0.39 is 5.82 Å². The lowest BCUT2D eigenvalue weighted by Crippen LogP contribution is -2.41. The molecule has 0 aliphatic carbocycles. The number of aryl methyl sites for hydroxylation is 1. The highest BCUT2D eigenvalue weighted by Gasteiger charge is 2.28. The van der Waals surface area contributed by atoms with Gasteiger partial charge in [0.1, 0.15) is 5.82 Å². The van der Waals surface area contributed by atoms with E-state index in [0.29, 0.717) is 31.5 Å². The number of hydrogen-bond acceptors (Lipinski definition) is 2. The summed E-state index contributed by atoms with van der Waals surface area (Å²) in [6, 6.07) is 18.2. The number of hydrogen-bond donors (Lipinski definition) is 1. The van der Waals surface area contributed by atoms with Gasteiger partial charge in [-0.15, -0.1) is 0 Å². The van der Waals surface area contributed by atoms with Crippen LogP contribution in [0.5, 0.6) is 0 Å². The minimum atomic E-state index is -0.437. The fraction of sp³-hybridized carbons (Fsp3) is 0.250. The van der Waals surface area contributed by atoms with Gasteiger partial charge in [0.25, 0.3) is 5.91 Å². The third-order valence-corrected chi connectivity index (χ3v) is 5.55. The molecule has 1 N–H and O–H groups in total. The Morgan fingerprint density at radius 1 is 1.00 bits per heavy atom. The predicted octanol–water partition coefficient (Wildman–Crippen LogP) is 4.78. The lowest BCUT2D eigenvalue weighted by Gasteiger charge is -2.31. The monoisotopic (exact) mass is 390 g/mol. The Bertz CT molecular complexity index is 1070. The predicted molar refractivity (Wildman–Crippen MR) is 112 cm³/mol. The number of carbonyl (C=O) groups is 2. The van der Waals surface area contributed by atoms with Crippen LogP contribution in [0.1, 0.15) is 28.8 Å². The maximum atomic E-state index is 13.9. The van der Waals surface area contributed by atoms with Crippen molar-refractivity contribution in [3.05, 3.63) is 77.6 Å². The highest BCUT2D eigenvalue weighted by molar-refractivity contribution is 6.07. The minimum Gasteiger partial charge on any atom is -0.339 e. The molecule has 0 saturated carbocycles. The SMILES string of the molecule is Cc1ccc(F)c(NC(=O)C2CCN(C(=O)c3cccc4ccccc34)CC2)c1. The van der Waals surface area contributed by atoms with Crippen LogP contribution in [0, 0.1) is 18.7 Å². The molecule has 1 heterocycles. The van der Waals surface area contributed by atoms with Crippen molar-refractivity contribution in [2.75, 3.05) is 18.4 Å². The molecule has 148 valence electrons. The second kappa shape index (κ2) is 8.03. The Hall–Kier alpha value is -3.21. The summed E-state index contributed by atoms with van der Waals surface area (Å²) in [6.45, 7) is 2.87. The van der Waals surface area contributed by atoms with E-state index in [4.69, 9.17) is 0 Å². The number of fused-ring (bicyclic) bond motifs is 1. The molecule has 5 heteroatoms. The molecule has 0 aromatic heterocycles. The molecule has 29 heavy (non-hydrogen) atoms. The highest BCUT2D eigenvalue weighted by Crippen LogP contribution is 2.25. The molecule has 4 rings (SSSR count). The van der Waals surface area contributed by atoms with Crippen LogP contribution >= 0.6 is 0 Å². The van der Waals surface area contributed by atoms with Gasteiger partial charge in [0, 0.05) is 24.6 Å². The molecule has 1 aliphatic heterocycles. The summed E-state index contributed by atoms with van der Waals surface area (Å²) in [5, 5.41) is 4.68. The van der Waals surface area contributed by atoms with Crippen molar-refractivity contribution in [2.45, 2.75) is 19.8 Å². The Kier molecular flexibility index (Phi) is 5.30. The van der Waals surface area contributed by atoms with E-state index in [1.165, 1.54) is 6.07 Å². The Labute approximate surface area is 169 Å². The van der Waals surface area contributed by atoms with Gasteiger partial charge in [-0.1, -0.05) is 42.5 Å². The zero-order chi connectivity index (χ0) is 20.4. The number of amides is 2. The number of piperidine rings is 1. The number of nitrogens with zero attached hydrogens (tertiary/aromatic N) is 1. The van der Waals surface area contributed by atoms with Crippen molar-refractivity contribution in [2.24, 2.45) is 5.92 Å². The van der Waals surface area contributed by atoms with Gasteiger partial charge in [-0.2, -0.15) is 0 Å². The summed E-state index contributed by atoms with van der Waals surface area (Å²) >= 11 is 0. The van der Waals surface area contributed by atoms with E-state index in [9.17, 15) is 14.0 Å². The standard InChI is InChI=1S/C24H23FN2O2/c1-16-9-10-21(25)22(15-16)26-23(28)18-11-13-27(14-12-18)24(29)20-8-4-6-17-5-2-3-7-19(17)20/h2-10,15,18H,11-14H2,1H3,(H,26,28). The first kappa shape index (κ1) is 19.1. The van der Waals surface area contributed by atoms with Crippen molar-refractivity contribution in [3.63, 3.8) is 0 Å². The van der Waals surface area contributed by atoms with Crippen LogP contribution < -0.4 is 5.32 Å². The molecule has 4 nitrogen and oxygen atoms in total. The van der Waals surface area contributed by atoms with E-state index in [1.54, 1.807) is 17.0 Å². The Morgan fingerprint density at radius 2 is 1.72 bits per heavy atom. The number of benzene rings is 3. The van der Waals surface area contributed by atoms with E-state index in [0.717, 1.165) is 16.3 Å². The topological polar surface area (TPSA) is 49.4 Å². The van der Waals surface area contributed by atoms with Gasteiger partial charge in [-0.3, -0.25) is 9.59 Å². The molecule has 0 unspecified atom stereocenters. The van der Waals surface area contributed by atoms with E-state index in [1.807, 2.05) is 49.4 Å². The number of carbonyl (C=O) groups excluding carboxylic acids is 2. The molecule has 2 amide bonds. The number of rotatable bonds is 3. The number of nitrogens with one attached hydrogen (secondary N) is 1. The molecule has 0 radical (unpaired) electrons. The van der Waals surface area contributed by atoms with Gasteiger partial charge in [-0.05, 0) is 54.3 Å². The first-order valence-corrected chi connectivity index (χ1v) is 9.87. The number of likely N-dealkylation sites (tertiary alicyclic amines) is 1. The van der Waals surface area contributed by atoms with Crippen LogP contribution in [-0.4, -0.2) is 29.8 Å². The Morgan fingerprint density at radius 3 is 2.52 bits per heavy atom. The van der Waals surface area contributed by atoms with Gasteiger partial charge >= 0.3 is 0 Å². The summed E-state index contributed by atoms with van der Waals surface area (Å²) in [4.78, 5) is 27.4. The summed E-state index contributed by atoms with van der Waals surface area (Å²) in [5.41, 5.74) is 1.79. The van der Waals surface area contributed by atoms with Gasteiger partial charge in [0.05, 0.1) is 5.69 Å². The molecule has 1 aliphatic rings. The maximum Gasteiger partial charge on any atom is 0.254 e. The second-order valence-electron chi connectivity index (χ2n) is 7.57. The fourth-order valence-electron chi connectivity index (χ4n) is 3.90. The molecule has 0 bridgehead atoms. The maximum absolute atomic E-state index is 13.9. The molecule has 0 spiro atoms. The molecule has 1 saturated heterocycles. The van der Waals surface area contributed by atoms with Crippen LogP contribution in [0.2, 0.25) is 0 Å². The van der Waals surface area contributed by atoms with Crippen molar-refractivity contribution >= 4 is 28.3 Å². The molecule has 1 fully saturated rings. The average molecular weight is 390 g/mol. The largest absolute Gasteiger partial charge is 0.339 e. The van der Waals surface area contributed by atoms with Gasteiger partial charge in [0.15, 0.2) is 0 Å². The molecular weight excluding hydrogens is 367 g/mol. The van der Waals surface area contributed by atoms with Crippen molar-refractivity contribution in [3.8, 4) is 0 Å². The number of halogens is 1. The van der Waals surface area contributed by atoms with Gasteiger partial charge in [0.2, 0.25) is 5.91 Å². The first-order chi connectivity index (χ1) is 14.0. The normalized spacial score (nSPS) is 14.8. The van der Waals surface area contributed by atoms with Gasteiger partial charge in [-0.25, -0.2) is 4.39 Å². The highest BCUT2D eigenvalue weighted by atomic mass is 19.1. The number of anilines is 1. The first-order valence-electron chi connectivity index (χ1n) is 9.87. The zero-order valence-corrected chi connectivity index (χ0v) is 16.3. The van der Waals surface area contributed by atoms with Crippen molar-refractivity contribution in [1.29, 1.82) is 0 Å². The molecule has 0 atom stereocenters. The van der Waals surface area contributed by atoms with Crippen molar-refractivity contribution < 1.29 is 14.0 Å². The molecule has 3 aromatic rings. The van der Waals surface area contributed by atoms with Crippen LogP contribution in [0.4, 0.5) is 10.1 Å². The summed E-state index contributed by atoms with van der Waals surface area (Å²) in [7, 11) is 0. The Balaban J connectivity index is 1.42. The molecular formula is C24H23FN2O2. The van der Waals surface area contributed by atoms with Crippen LogP contribution in [0.3, 0.4) is 0 Å². The zero-order valence-electron chi connectivity index (χ0n) is 16.3. The smallest absolute Gasteiger partial charge is 0.254 e. The second-order valence-corrected chi connectivity index (χ2v) is 7.57. The summed E-state index contributed by atoms with van der Waals surface area (Å²) in [6.07, 6.45) is 1.13. The minimum absolute atomic E-state index is 0.00890.